The maximum absolute atomic E-state index is 11.2. The summed E-state index contributed by atoms with van der Waals surface area (Å²) in [5, 5.41) is 3.39. The second-order valence-corrected chi connectivity index (χ2v) is 5.53. The third-order valence-corrected chi connectivity index (χ3v) is 3.80. The first-order chi connectivity index (χ1) is 10.6. The van der Waals surface area contributed by atoms with Crippen molar-refractivity contribution in [3.05, 3.63) is 65.7 Å². The summed E-state index contributed by atoms with van der Waals surface area (Å²) in [5.41, 5.74) is 8.81. The molecule has 0 radical (unpaired) electrons. The molecule has 2 rings (SSSR count). The highest BCUT2D eigenvalue weighted by atomic mass is 16.1. The molecule has 116 valence electrons. The number of carbonyl (C=O) groups excluding carboxylic acids is 1. The number of anilines is 1. The predicted octanol–water partition coefficient (Wildman–Crippen LogP) is 2.60. The van der Waals surface area contributed by atoms with Gasteiger partial charge in [0.05, 0.1) is 6.04 Å². The van der Waals surface area contributed by atoms with Crippen LogP contribution in [0.4, 0.5) is 5.69 Å². The third-order valence-electron chi connectivity index (χ3n) is 3.80. The number of benzene rings is 2. The maximum atomic E-state index is 11.2. The van der Waals surface area contributed by atoms with Gasteiger partial charge in [0.1, 0.15) is 0 Å². The van der Waals surface area contributed by atoms with Gasteiger partial charge in [0.2, 0.25) is 5.91 Å². The Morgan fingerprint density at radius 1 is 1.09 bits per heavy atom. The summed E-state index contributed by atoms with van der Waals surface area (Å²) in [6.07, 6.45) is 0. The average Bonchev–Trinajstić information content (AvgIpc) is 2.54. The number of amides is 1. The van der Waals surface area contributed by atoms with E-state index < -0.39 is 0 Å². The first kappa shape index (κ1) is 16.0. The Morgan fingerprint density at radius 3 is 2.32 bits per heavy atom. The molecule has 3 N–H and O–H groups in total. The zero-order valence-corrected chi connectivity index (χ0v) is 13.1. The van der Waals surface area contributed by atoms with E-state index in [0.717, 1.165) is 17.8 Å². The quantitative estimate of drug-likeness (QED) is 0.826. The molecule has 4 nitrogen and oxygen atoms in total. The molecule has 2 aromatic rings. The molecule has 4 heteroatoms. The number of rotatable bonds is 7. The van der Waals surface area contributed by atoms with Crippen molar-refractivity contribution in [1.29, 1.82) is 0 Å². The zero-order chi connectivity index (χ0) is 15.9. The number of likely N-dealkylation sites (N-methyl/N-ethyl adjacent to an activating group) is 1. The van der Waals surface area contributed by atoms with Crippen molar-refractivity contribution in [2.45, 2.75) is 26.1 Å². The van der Waals surface area contributed by atoms with E-state index in [1.807, 2.05) is 37.1 Å². The fraction of sp³-hybridized carbons (Fsp3) is 0.278. The minimum Gasteiger partial charge on any atom is -0.381 e. The van der Waals surface area contributed by atoms with Gasteiger partial charge in [-0.1, -0.05) is 42.5 Å². The van der Waals surface area contributed by atoms with E-state index >= 15 is 0 Å². The third kappa shape index (κ3) is 4.60. The fourth-order valence-electron chi connectivity index (χ4n) is 2.17. The molecule has 22 heavy (non-hydrogen) atoms. The molecule has 0 spiro atoms. The molecule has 0 unspecified atom stereocenters. The van der Waals surface area contributed by atoms with Crippen molar-refractivity contribution in [3.63, 3.8) is 0 Å². The number of primary amides is 1. The molecule has 1 atom stereocenters. The van der Waals surface area contributed by atoms with Crippen LogP contribution in [0.2, 0.25) is 0 Å². The predicted molar refractivity (Wildman–Crippen MR) is 90.3 cm³/mol. The highest BCUT2D eigenvalue weighted by Crippen LogP contribution is 2.13. The molecular formula is C18H23N3O. The van der Waals surface area contributed by atoms with Crippen LogP contribution in [0.5, 0.6) is 0 Å². The van der Waals surface area contributed by atoms with Crippen LogP contribution in [0.15, 0.2) is 54.6 Å². The van der Waals surface area contributed by atoms with Gasteiger partial charge in [-0.25, -0.2) is 0 Å². The van der Waals surface area contributed by atoms with Crippen molar-refractivity contribution in [2.24, 2.45) is 5.73 Å². The highest BCUT2D eigenvalue weighted by molar-refractivity contribution is 5.79. The summed E-state index contributed by atoms with van der Waals surface area (Å²) in [6, 6.07) is 18.3. The first-order valence-electron chi connectivity index (χ1n) is 7.42. The Hall–Kier alpha value is -2.33. The number of nitrogens with one attached hydrogen (secondary N) is 1. The smallest absolute Gasteiger partial charge is 0.234 e. The van der Waals surface area contributed by atoms with E-state index in [1.54, 1.807) is 0 Å². The molecule has 0 aliphatic rings. The Morgan fingerprint density at radius 2 is 1.73 bits per heavy atom. The summed E-state index contributed by atoms with van der Waals surface area (Å²) in [4.78, 5) is 13.1. The fourth-order valence-corrected chi connectivity index (χ4v) is 2.17. The SMILES string of the molecule is C[C@@H](C(N)=O)N(C)Cc1ccc(NCc2ccccc2)cc1. The largest absolute Gasteiger partial charge is 0.381 e. The highest BCUT2D eigenvalue weighted by Gasteiger charge is 2.14. The number of nitrogens with two attached hydrogens (primary N) is 1. The summed E-state index contributed by atoms with van der Waals surface area (Å²) in [7, 11) is 1.90. The van der Waals surface area contributed by atoms with E-state index in [0.29, 0.717) is 6.54 Å². The second kappa shape index (κ2) is 7.61. The molecule has 2 aromatic carbocycles. The second-order valence-electron chi connectivity index (χ2n) is 5.53. The van der Waals surface area contributed by atoms with Gasteiger partial charge in [-0.05, 0) is 37.2 Å². The van der Waals surface area contributed by atoms with E-state index in [-0.39, 0.29) is 11.9 Å². The number of hydrogen-bond donors (Lipinski definition) is 2. The van der Waals surface area contributed by atoms with Gasteiger partial charge in [-0.3, -0.25) is 9.69 Å². The molecule has 0 aromatic heterocycles. The summed E-state index contributed by atoms with van der Waals surface area (Å²) >= 11 is 0. The van der Waals surface area contributed by atoms with Crippen LogP contribution in [0.25, 0.3) is 0 Å². The lowest BCUT2D eigenvalue weighted by atomic mass is 10.1. The number of nitrogens with zero attached hydrogens (tertiary/aromatic N) is 1. The molecule has 0 aliphatic heterocycles. The van der Waals surface area contributed by atoms with Gasteiger partial charge in [0.25, 0.3) is 0 Å². The van der Waals surface area contributed by atoms with Crippen LogP contribution in [0.1, 0.15) is 18.1 Å². The molecular weight excluding hydrogens is 274 g/mol. The summed E-state index contributed by atoms with van der Waals surface area (Å²) in [5.74, 6) is -0.302. The van der Waals surface area contributed by atoms with Crippen LogP contribution < -0.4 is 11.1 Å². The first-order valence-corrected chi connectivity index (χ1v) is 7.42. The van der Waals surface area contributed by atoms with Crippen molar-refractivity contribution >= 4 is 11.6 Å². The van der Waals surface area contributed by atoms with Gasteiger partial charge in [-0.2, -0.15) is 0 Å². The van der Waals surface area contributed by atoms with Crippen LogP contribution in [0, 0.1) is 0 Å². The Balaban J connectivity index is 1.89. The summed E-state index contributed by atoms with van der Waals surface area (Å²) < 4.78 is 0. The Bertz CT molecular complexity index is 595. The van der Waals surface area contributed by atoms with Gasteiger partial charge in [0, 0.05) is 18.8 Å². The van der Waals surface area contributed by atoms with E-state index in [1.165, 1.54) is 5.56 Å². The van der Waals surface area contributed by atoms with E-state index in [4.69, 9.17) is 5.73 Å². The molecule has 0 saturated carbocycles. The number of hydrogen-bond acceptors (Lipinski definition) is 3. The van der Waals surface area contributed by atoms with E-state index in [9.17, 15) is 4.79 Å². The van der Waals surface area contributed by atoms with Gasteiger partial charge >= 0.3 is 0 Å². The molecule has 1 amide bonds. The van der Waals surface area contributed by atoms with Gasteiger partial charge in [-0.15, -0.1) is 0 Å². The lowest BCUT2D eigenvalue weighted by Crippen LogP contribution is -2.39. The maximum Gasteiger partial charge on any atom is 0.234 e. The normalized spacial score (nSPS) is 12.1. The van der Waals surface area contributed by atoms with Gasteiger partial charge < -0.3 is 11.1 Å². The zero-order valence-electron chi connectivity index (χ0n) is 13.1. The lowest BCUT2D eigenvalue weighted by Gasteiger charge is -2.22. The van der Waals surface area contributed by atoms with Crippen molar-refractivity contribution in [3.8, 4) is 0 Å². The Kier molecular flexibility index (Phi) is 5.55. The van der Waals surface area contributed by atoms with Crippen molar-refractivity contribution in [2.75, 3.05) is 12.4 Å². The van der Waals surface area contributed by atoms with Crippen molar-refractivity contribution < 1.29 is 4.79 Å². The van der Waals surface area contributed by atoms with Crippen LogP contribution in [-0.4, -0.2) is 23.9 Å². The van der Waals surface area contributed by atoms with Crippen LogP contribution in [-0.2, 0) is 17.9 Å². The number of carbonyl (C=O) groups is 1. The monoisotopic (exact) mass is 297 g/mol. The van der Waals surface area contributed by atoms with Crippen molar-refractivity contribution in [1.82, 2.24) is 4.90 Å². The van der Waals surface area contributed by atoms with Crippen LogP contribution in [0.3, 0.4) is 0 Å². The topological polar surface area (TPSA) is 58.4 Å². The minimum atomic E-state index is -0.302. The molecule has 0 saturated heterocycles. The molecule has 0 aliphatic carbocycles. The lowest BCUT2D eigenvalue weighted by molar-refractivity contribution is -0.122. The molecule has 0 heterocycles. The van der Waals surface area contributed by atoms with Crippen LogP contribution >= 0.6 is 0 Å². The molecule has 0 bridgehead atoms. The summed E-state index contributed by atoms with van der Waals surface area (Å²) in [6.45, 7) is 3.32. The standard InChI is InChI=1S/C18H23N3O/c1-14(18(19)22)21(2)13-16-8-10-17(11-9-16)20-12-15-6-4-3-5-7-15/h3-11,14,20H,12-13H2,1-2H3,(H2,19,22)/t14-/m0/s1. The molecule has 0 fully saturated rings. The minimum absolute atomic E-state index is 0.268. The van der Waals surface area contributed by atoms with E-state index in [2.05, 4.69) is 41.7 Å². The Labute approximate surface area is 131 Å². The van der Waals surface area contributed by atoms with Gasteiger partial charge in [0.15, 0.2) is 0 Å². The average molecular weight is 297 g/mol.